The molecule has 3 amide bonds. The SMILES string of the molecule is C=C1/C(=C\C(F)=C/C)N(C(=O)c2ccc(NC(=O)c3cc4c(nc3N3CC5(CCOCC5)C3)CCC4)cc2)CCc2cc(C(=O)Nc3c(F)cccc3C(C)C)oc21. The normalized spacial score (nSPS) is 18.2. The lowest BCUT2D eigenvalue weighted by molar-refractivity contribution is -0.000521. The Morgan fingerprint density at radius 1 is 0.966 bits per heavy atom. The van der Waals surface area contributed by atoms with Crippen molar-refractivity contribution in [1.82, 2.24) is 9.88 Å². The molecule has 12 heteroatoms. The Balaban J connectivity index is 0.994. The van der Waals surface area contributed by atoms with Gasteiger partial charge in [0.2, 0.25) is 0 Å². The number of halogens is 2. The fraction of sp³-hybridized carbons (Fsp3) is 0.348. The maximum absolute atomic E-state index is 15.0. The van der Waals surface area contributed by atoms with Crippen LogP contribution >= 0.6 is 0 Å². The molecule has 2 saturated heterocycles. The summed E-state index contributed by atoms with van der Waals surface area (Å²) in [4.78, 5) is 50.1. The Labute approximate surface area is 336 Å². The highest BCUT2D eigenvalue weighted by Crippen LogP contribution is 2.43. The molecule has 300 valence electrons. The van der Waals surface area contributed by atoms with Crippen molar-refractivity contribution in [2.24, 2.45) is 5.41 Å². The quantitative estimate of drug-likeness (QED) is 0.183. The van der Waals surface area contributed by atoms with E-state index in [-0.39, 0.29) is 58.7 Å². The molecular weight excluding hydrogens is 741 g/mol. The second-order valence-electron chi connectivity index (χ2n) is 16.0. The first-order chi connectivity index (χ1) is 27.9. The molecule has 1 spiro atoms. The molecule has 0 bridgehead atoms. The van der Waals surface area contributed by atoms with Gasteiger partial charge in [-0.1, -0.05) is 38.6 Å². The number of nitrogens with one attached hydrogen (secondary N) is 2. The smallest absolute Gasteiger partial charge is 0.291 e. The van der Waals surface area contributed by atoms with Crippen molar-refractivity contribution < 1.29 is 32.3 Å². The van der Waals surface area contributed by atoms with Gasteiger partial charge in [-0.2, -0.15) is 0 Å². The summed E-state index contributed by atoms with van der Waals surface area (Å²) >= 11 is 0. The van der Waals surface area contributed by atoms with E-state index in [9.17, 15) is 23.2 Å². The van der Waals surface area contributed by atoms with Crippen LogP contribution in [-0.2, 0) is 24.0 Å². The topological polar surface area (TPSA) is 117 Å². The average Bonchev–Trinajstić information content (AvgIpc) is 3.84. The number of carbonyl (C=O) groups is 3. The molecule has 4 aromatic rings. The number of furan rings is 1. The summed E-state index contributed by atoms with van der Waals surface area (Å²) in [6.45, 7) is 12.9. The van der Waals surface area contributed by atoms with Crippen molar-refractivity contribution in [3.05, 3.63) is 136 Å². The van der Waals surface area contributed by atoms with Crippen LogP contribution in [0.2, 0.25) is 0 Å². The number of ether oxygens (including phenoxy) is 1. The summed E-state index contributed by atoms with van der Waals surface area (Å²) in [7, 11) is 0. The number of allylic oxidation sites excluding steroid dienone is 4. The number of aromatic nitrogens is 1. The predicted octanol–water partition coefficient (Wildman–Crippen LogP) is 9.02. The summed E-state index contributed by atoms with van der Waals surface area (Å²) in [6.07, 6.45) is 7.58. The van der Waals surface area contributed by atoms with E-state index < -0.39 is 23.5 Å². The van der Waals surface area contributed by atoms with E-state index in [4.69, 9.17) is 14.1 Å². The third-order valence-electron chi connectivity index (χ3n) is 11.8. The molecular formula is C46H47F2N5O5. The average molecular weight is 788 g/mol. The highest BCUT2D eigenvalue weighted by atomic mass is 19.1. The molecule has 58 heavy (non-hydrogen) atoms. The molecule has 4 aliphatic rings. The zero-order chi connectivity index (χ0) is 40.7. The van der Waals surface area contributed by atoms with Gasteiger partial charge in [-0.15, -0.1) is 0 Å². The fourth-order valence-electron chi connectivity index (χ4n) is 8.49. The third-order valence-corrected chi connectivity index (χ3v) is 11.8. The van der Waals surface area contributed by atoms with E-state index in [0.717, 1.165) is 69.7 Å². The minimum atomic E-state index is -0.647. The molecule has 1 aliphatic carbocycles. The zero-order valence-corrected chi connectivity index (χ0v) is 33.1. The largest absolute Gasteiger partial charge is 0.451 e. The fourth-order valence-corrected chi connectivity index (χ4v) is 8.49. The number of amides is 3. The lowest BCUT2D eigenvalue weighted by Gasteiger charge is -2.53. The number of rotatable bonds is 8. The Kier molecular flexibility index (Phi) is 10.6. The Morgan fingerprint density at radius 2 is 1.72 bits per heavy atom. The number of hydrogen-bond donors (Lipinski definition) is 2. The van der Waals surface area contributed by atoms with Crippen LogP contribution in [0.1, 0.15) is 105 Å². The van der Waals surface area contributed by atoms with Crippen molar-refractivity contribution in [2.75, 3.05) is 48.4 Å². The summed E-state index contributed by atoms with van der Waals surface area (Å²) < 4.78 is 41.4. The monoisotopic (exact) mass is 787 g/mol. The molecule has 0 saturated carbocycles. The van der Waals surface area contributed by atoms with Gasteiger partial charge in [0, 0.05) is 66.3 Å². The molecule has 3 aliphatic heterocycles. The number of nitrogens with zero attached hydrogens (tertiary/aromatic N) is 3. The molecule has 0 atom stereocenters. The van der Waals surface area contributed by atoms with Crippen molar-refractivity contribution in [1.29, 1.82) is 0 Å². The van der Waals surface area contributed by atoms with Gasteiger partial charge in [-0.05, 0) is 111 Å². The van der Waals surface area contributed by atoms with Crippen LogP contribution in [0.4, 0.5) is 26.0 Å². The van der Waals surface area contributed by atoms with Crippen molar-refractivity contribution in [3.8, 4) is 0 Å². The van der Waals surface area contributed by atoms with Crippen molar-refractivity contribution in [2.45, 2.75) is 65.2 Å². The first-order valence-corrected chi connectivity index (χ1v) is 20.0. The van der Waals surface area contributed by atoms with Gasteiger partial charge < -0.3 is 29.6 Å². The van der Waals surface area contributed by atoms with Crippen molar-refractivity contribution >= 4 is 40.5 Å². The summed E-state index contributed by atoms with van der Waals surface area (Å²) in [5.41, 5.74) is 5.42. The van der Waals surface area contributed by atoms with Gasteiger partial charge in [0.15, 0.2) is 5.76 Å². The maximum Gasteiger partial charge on any atom is 0.291 e. The van der Waals surface area contributed by atoms with E-state index in [0.29, 0.717) is 33.8 Å². The van der Waals surface area contributed by atoms with Crippen LogP contribution in [-0.4, -0.2) is 60.5 Å². The van der Waals surface area contributed by atoms with E-state index in [2.05, 4.69) is 22.1 Å². The predicted molar refractivity (Wildman–Crippen MR) is 219 cm³/mol. The number of anilines is 3. The molecule has 0 unspecified atom stereocenters. The number of benzene rings is 2. The van der Waals surface area contributed by atoms with Gasteiger partial charge in [-0.25, -0.2) is 13.8 Å². The lowest BCUT2D eigenvalue weighted by Crippen LogP contribution is -2.59. The van der Waals surface area contributed by atoms with Crippen LogP contribution in [0.3, 0.4) is 0 Å². The molecule has 2 fully saturated rings. The minimum absolute atomic E-state index is 0.0480. The van der Waals surface area contributed by atoms with E-state index >= 15 is 0 Å². The zero-order valence-electron chi connectivity index (χ0n) is 33.1. The van der Waals surface area contributed by atoms with Crippen LogP contribution in [0.25, 0.3) is 5.57 Å². The maximum atomic E-state index is 15.0. The number of fused-ring (bicyclic) bond motifs is 2. The Morgan fingerprint density at radius 3 is 2.45 bits per heavy atom. The van der Waals surface area contributed by atoms with Crippen LogP contribution in [0, 0.1) is 11.2 Å². The first-order valence-electron chi connectivity index (χ1n) is 20.0. The number of carbonyl (C=O) groups excluding carboxylic acids is 3. The van der Waals surface area contributed by atoms with Gasteiger partial charge in [0.05, 0.1) is 16.9 Å². The highest BCUT2D eigenvalue weighted by molar-refractivity contribution is 6.08. The summed E-state index contributed by atoms with van der Waals surface area (Å²) in [5, 5.41) is 5.68. The Bertz CT molecular complexity index is 2370. The number of pyridine rings is 1. The van der Waals surface area contributed by atoms with Crippen LogP contribution in [0.5, 0.6) is 0 Å². The number of aryl methyl sites for hydroxylation is 2. The molecule has 2 aromatic carbocycles. The Hall–Kier alpha value is -5.88. The third kappa shape index (κ3) is 7.48. The minimum Gasteiger partial charge on any atom is -0.451 e. The highest BCUT2D eigenvalue weighted by Gasteiger charge is 2.45. The number of hydrogen-bond acceptors (Lipinski definition) is 7. The standard InChI is InChI=1S/C46H47F2N5O5/c1-5-32(47)24-38-28(4)41-31(23-39(58-41)44(55)51-40-34(27(2)3)9-7-10-36(40)48)16-19-53(38)45(56)29-12-14-33(15-13-29)49-43(54)35-22-30-8-6-11-37(30)50-42(35)52-25-46(26-52)17-20-57-21-18-46/h5,7,9-10,12-15,22-24,27H,4,6,8,11,16-21,25-26H2,1-3H3,(H,49,54)(H,51,55)/b32-5+,38-24+. The van der Waals surface area contributed by atoms with Crippen LogP contribution < -0.4 is 15.5 Å². The van der Waals surface area contributed by atoms with E-state index in [1.807, 2.05) is 19.9 Å². The van der Waals surface area contributed by atoms with Crippen molar-refractivity contribution in [3.63, 3.8) is 0 Å². The molecule has 2 aromatic heterocycles. The van der Waals surface area contributed by atoms with Gasteiger partial charge in [0.1, 0.15) is 23.2 Å². The second kappa shape index (κ2) is 15.8. The molecule has 5 heterocycles. The molecule has 0 radical (unpaired) electrons. The van der Waals surface area contributed by atoms with Gasteiger partial charge >= 0.3 is 0 Å². The number of para-hydroxylation sites is 1. The lowest BCUT2D eigenvalue weighted by atomic mass is 9.73. The summed E-state index contributed by atoms with van der Waals surface area (Å²) in [6, 6.07) is 14.7. The molecule has 8 rings (SSSR count). The van der Waals surface area contributed by atoms with Gasteiger partial charge in [0.25, 0.3) is 17.7 Å². The summed E-state index contributed by atoms with van der Waals surface area (Å²) in [5.74, 6) is -1.66. The molecule has 2 N–H and O–H groups in total. The first kappa shape index (κ1) is 39.0. The van der Waals surface area contributed by atoms with Crippen LogP contribution in [0.15, 0.2) is 89.3 Å². The second-order valence-corrected chi connectivity index (χ2v) is 16.0. The molecule has 10 nitrogen and oxygen atoms in total. The van der Waals surface area contributed by atoms with E-state index in [1.54, 1.807) is 42.5 Å². The van der Waals surface area contributed by atoms with Gasteiger partial charge in [-0.3, -0.25) is 14.4 Å². The van der Waals surface area contributed by atoms with E-state index in [1.165, 1.54) is 30.0 Å².